The third kappa shape index (κ3) is 7.57. The van der Waals surface area contributed by atoms with Gasteiger partial charge in [-0.25, -0.2) is 0 Å². The second kappa shape index (κ2) is 10.5. The van der Waals surface area contributed by atoms with Gasteiger partial charge < -0.3 is 34.0 Å². The zero-order valence-electron chi connectivity index (χ0n) is 6.21. The van der Waals surface area contributed by atoms with Crippen molar-refractivity contribution in [2.45, 2.75) is 32.1 Å². The van der Waals surface area contributed by atoms with Gasteiger partial charge in [-0.15, -0.1) is 0 Å². The van der Waals surface area contributed by atoms with E-state index < -0.39 is 0 Å². The van der Waals surface area contributed by atoms with Gasteiger partial charge in [-0.1, -0.05) is 18.6 Å². The van der Waals surface area contributed by atoms with Crippen LogP contribution in [0.3, 0.4) is 0 Å². The molecule has 0 unspecified atom stereocenters. The molecule has 1 aliphatic rings. The fourth-order valence-electron chi connectivity index (χ4n) is 1.05. The molecule has 0 bridgehead atoms. The average molecular weight is 280 g/mol. The molecule has 0 heterocycles. The van der Waals surface area contributed by atoms with E-state index in [9.17, 15) is 0 Å². The first kappa shape index (κ1) is 17.5. The normalized spacial score (nSPS) is 15.8. The monoisotopic (exact) mass is 278 g/mol. The van der Waals surface area contributed by atoms with Crippen LogP contribution in [0, 0.1) is 0 Å². The van der Waals surface area contributed by atoms with Gasteiger partial charge in [0.2, 0.25) is 0 Å². The van der Waals surface area contributed by atoms with Crippen molar-refractivity contribution in [1.29, 1.82) is 0 Å². The summed E-state index contributed by atoms with van der Waals surface area (Å²) in [7, 11) is 0. The molecule has 0 amide bonds. The predicted octanol–water partition coefficient (Wildman–Crippen LogP) is -3.87. The topological polar surface area (TPSA) is 0 Å². The Morgan fingerprint density at radius 2 is 1.30 bits per heavy atom. The number of allylic oxidation sites excluding steroid dienone is 1. The average Bonchev–Trinajstić information content (AvgIpc) is 1.69. The van der Waals surface area contributed by atoms with Crippen LogP contribution < -0.4 is 34.0 Å². The first-order valence-electron chi connectivity index (χ1n) is 3.06. The molecule has 0 aromatic heterocycles. The van der Waals surface area contributed by atoms with E-state index in [2.05, 4.69) is 6.58 Å². The molecule has 1 saturated carbocycles. The number of halogens is 2. The van der Waals surface area contributed by atoms with E-state index >= 15 is 0 Å². The van der Waals surface area contributed by atoms with Gasteiger partial charge in [0, 0.05) is 0 Å². The molecule has 0 N–H and O–H groups in total. The van der Waals surface area contributed by atoms with E-state index in [1.807, 2.05) is 0 Å². The minimum atomic E-state index is 0. The SMILES string of the molecule is C=C1CCCCC1.[Br-].[Br-].[Mg+2]. The van der Waals surface area contributed by atoms with Crippen LogP contribution in [0.15, 0.2) is 12.2 Å². The molecule has 0 radical (unpaired) electrons. The smallest absolute Gasteiger partial charge is 1.00 e. The van der Waals surface area contributed by atoms with Crippen molar-refractivity contribution < 1.29 is 34.0 Å². The number of hydrogen-bond donors (Lipinski definition) is 0. The van der Waals surface area contributed by atoms with Crippen molar-refractivity contribution in [2.75, 3.05) is 0 Å². The summed E-state index contributed by atoms with van der Waals surface area (Å²) in [6.45, 7) is 3.91. The maximum Gasteiger partial charge on any atom is 2.00 e. The van der Waals surface area contributed by atoms with E-state index in [1.165, 1.54) is 37.7 Å². The predicted molar refractivity (Wildman–Crippen MR) is 38.0 cm³/mol. The summed E-state index contributed by atoms with van der Waals surface area (Å²) in [4.78, 5) is 0. The Kier molecular flexibility index (Phi) is 18.3. The largest absolute Gasteiger partial charge is 2.00 e. The van der Waals surface area contributed by atoms with Gasteiger partial charge in [0.25, 0.3) is 0 Å². The molecule has 0 atom stereocenters. The van der Waals surface area contributed by atoms with Crippen LogP contribution in [0.1, 0.15) is 32.1 Å². The standard InChI is InChI=1S/C7H12.2BrH.Mg/c1-7-5-3-2-4-6-7;;;/h1-6H2;2*1H;/q;;;+2/p-2. The second-order valence-corrected chi connectivity index (χ2v) is 2.31. The molecule has 1 rings (SSSR count). The van der Waals surface area contributed by atoms with Crippen molar-refractivity contribution in [3.8, 4) is 0 Å². The Morgan fingerprint density at radius 1 is 0.900 bits per heavy atom. The number of rotatable bonds is 0. The van der Waals surface area contributed by atoms with E-state index in [0.717, 1.165) is 0 Å². The zero-order valence-corrected chi connectivity index (χ0v) is 10.8. The van der Waals surface area contributed by atoms with Gasteiger partial charge in [-0.3, -0.25) is 0 Å². The van der Waals surface area contributed by atoms with Crippen LogP contribution in [0.4, 0.5) is 0 Å². The van der Waals surface area contributed by atoms with Gasteiger partial charge in [0.05, 0.1) is 0 Å². The molecule has 0 aromatic rings. The molecular weight excluding hydrogens is 268 g/mol. The Hall–Kier alpha value is 1.47. The fourth-order valence-corrected chi connectivity index (χ4v) is 1.05. The van der Waals surface area contributed by atoms with Crippen LogP contribution in [-0.4, -0.2) is 23.1 Å². The molecule has 0 spiro atoms. The van der Waals surface area contributed by atoms with E-state index in [0.29, 0.717) is 0 Å². The molecular formula is C7H12Br2Mg. The first-order valence-corrected chi connectivity index (χ1v) is 3.06. The van der Waals surface area contributed by atoms with Crippen LogP contribution in [0.2, 0.25) is 0 Å². The summed E-state index contributed by atoms with van der Waals surface area (Å²) < 4.78 is 0. The summed E-state index contributed by atoms with van der Waals surface area (Å²) in [5.41, 5.74) is 1.46. The van der Waals surface area contributed by atoms with E-state index in [1.54, 1.807) is 0 Å². The maximum atomic E-state index is 3.91. The van der Waals surface area contributed by atoms with Crippen LogP contribution in [-0.2, 0) is 0 Å². The van der Waals surface area contributed by atoms with Crippen LogP contribution >= 0.6 is 0 Å². The van der Waals surface area contributed by atoms with Crippen molar-refractivity contribution >= 4 is 23.1 Å². The molecule has 10 heavy (non-hydrogen) atoms. The Bertz CT molecular complexity index is 75.7. The van der Waals surface area contributed by atoms with Crippen molar-refractivity contribution in [1.82, 2.24) is 0 Å². The molecule has 0 saturated heterocycles. The summed E-state index contributed by atoms with van der Waals surface area (Å²) >= 11 is 0. The third-order valence-electron chi connectivity index (χ3n) is 1.56. The quantitative estimate of drug-likeness (QED) is 0.315. The summed E-state index contributed by atoms with van der Waals surface area (Å²) in [5, 5.41) is 0. The summed E-state index contributed by atoms with van der Waals surface area (Å²) in [5.74, 6) is 0. The molecule has 1 fully saturated rings. The van der Waals surface area contributed by atoms with Gasteiger partial charge in [0.15, 0.2) is 0 Å². The van der Waals surface area contributed by atoms with Gasteiger partial charge in [-0.05, 0) is 25.7 Å². The van der Waals surface area contributed by atoms with E-state index in [-0.39, 0.29) is 57.0 Å². The van der Waals surface area contributed by atoms with Crippen molar-refractivity contribution in [3.05, 3.63) is 12.2 Å². The van der Waals surface area contributed by atoms with Gasteiger partial charge in [-0.2, -0.15) is 0 Å². The van der Waals surface area contributed by atoms with Gasteiger partial charge >= 0.3 is 23.1 Å². The third-order valence-corrected chi connectivity index (χ3v) is 1.56. The fraction of sp³-hybridized carbons (Fsp3) is 0.714. The number of hydrogen-bond acceptors (Lipinski definition) is 0. The molecule has 0 aromatic carbocycles. The maximum absolute atomic E-state index is 3.91. The minimum absolute atomic E-state index is 0. The zero-order chi connectivity index (χ0) is 5.11. The van der Waals surface area contributed by atoms with Crippen molar-refractivity contribution in [3.63, 3.8) is 0 Å². The Labute approximate surface area is 101 Å². The first-order chi connectivity index (χ1) is 3.39. The second-order valence-electron chi connectivity index (χ2n) is 2.31. The van der Waals surface area contributed by atoms with Crippen LogP contribution in [0.25, 0.3) is 0 Å². The Balaban J connectivity index is -0.000000163. The van der Waals surface area contributed by atoms with Crippen LogP contribution in [0.5, 0.6) is 0 Å². The Morgan fingerprint density at radius 3 is 1.50 bits per heavy atom. The van der Waals surface area contributed by atoms with Crippen molar-refractivity contribution in [2.24, 2.45) is 0 Å². The summed E-state index contributed by atoms with van der Waals surface area (Å²) in [6, 6.07) is 0. The molecule has 1 aliphatic carbocycles. The molecule has 0 nitrogen and oxygen atoms in total. The van der Waals surface area contributed by atoms with E-state index in [4.69, 9.17) is 0 Å². The summed E-state index contributed by atoms with van der Waals surface area (Å²) in [6.07, 6.45) is 6.79. The minimum Gasteiger partial charge on any atom is -1.00 e. The van der Waals surface area contributed by atoms with Gasteiger partial charge in [0.1, 0.15) is 0 Å². The molecule has 3 heteroatoms. The molecule has 0 aliphatic heterocycles. The molecule has 56 valence electrons.